The third kappa shape index (κ3) is 4.62. The lowest BCUT2D eigenvalue weighted by molar-refractivity contribution is -0.136. The molecule has 178 valence electrons. The first-order chi connectivity index (χ1) is 16.0. The first-order valence-corrected chi connectivity index (χ1v) is 11.5. The molecule has 12 heteroatoms. The predicted octanol–water partition coefficient (Wildman–Crippen LogP) is 5.08. The topological polar surface area (TPSA) is 102 Å². The number of hydrogen-bond donors (Lipinski definition) is 2. The van der Waals surface area contributed by atoms with Gasteiger partial charge in [0.15, 0.2) is 5.75 Å². The Morgan fingerprint density at radius 2 is 1.68 bits per heavy atom. The minimum absolute atomic E-state index is 0.0918. The summed E-state index contributed by atoms with van der Waals surface area (Å²) in [5.74, 6) is -1.63. The van der Waals surface area contributed by atoms with E-state index < -0.39 is 49.1 Å². The summed E-state index contributed by atoms with van der Waals surface area (Å²) in [6, 6.07) is 11.1. The zero-order valence-electron chi connectivity index (χ0n) is 17.0. The Morgan fingerprint density at radius 1 is 0.971 bits per heavy atom. The van der Waals surface area contributed by atoms with E-state index in [2.05, 4.69) is 0 Å². The van der Waals surface area contributed by atoms with Crippen LogP contribution in [0.15, 0.2) is 59.5 Å². The van der Waals surface area contributed by atoms with Gasteiger partial charge in [-0.05, 0) is 35.9 Å². The van der Waals surface area contributed by atoms with Crippen molar-refractivity contribution >= 4 is 33.3 Å². The van der Waals surface area contributed by atoms with Crippen LogP contribution in [0.25, 0.3) is 11.1 Å². The smallest absolute Gasteiger partial charge is 0.418 e. The Hall–Kier alpha value is -3.44. The molecule has 0 aliphatic carbocycles. The lowest BCUT2D eigenvalue weighted by atomic mass is 10.0. The van der Waals surface area contributed by atoms with Gasteiger partial charge in [-0.2, -0.15) is 13.2 Å². The highest BCUT2D eigenvalue weighted by Crippen LogP contribution is 2.41. The number of para-hydroxylation sites is 1. The Morgan fingerprint density at radius 3 is 2.41 bits per heavy atom. The van der Waals surface area contributed by atoms with Crippen LogP contribution in [0.1, 0.15) is 15.9 Å². The summed E-state index contributed by atoms with van der Waals surface area (Å²) in [6.07, 6.45) is -4.90. The van der Waals surface area contributed by atoms with Crippen LogP contribution in [0.4, 0.5) is 18.9 Å². The number of ether oxygens (including phenoxy) is 2. The van der Waals surface area contributed by atoms with Gasteiger partial charge < -0.3 is 14.6 Å². The molecule has 0 fully saturated rings. The standard InChI is InChI=1S/C22H15ClF3NO6S/c23-16-9-13-11-19(20(16)28)34(30,31)27-17-10-12(5-6-15(17)22(24,25)26)14-3-1-2-4-18(14)32-7-8-33-21(13)29/h1-6,9-11,27-28H,7-8H2. The maximum atomic E-state index is 13.7. The first-order valence-electron chi connectivity index (χ1n) is 9.63. The van der Waals surface area contributed by atoms with E-state index in [1.807, 2.05) is 4.72 Å². The van der Waals surface area contributed by atoms with Gasteiger partial charge in [0.2, 0.25) is 0 Å². The number of esters is 1. The minimum Gasteiger partial charge on any atom is -0.505 e. The summed E-state index contributed by atoms with van der Waals surface area (Å²) < 4.78 is 79.7. The van der Waals surface area contributed by atoms with E-state index in [0.29, 0.717) is 5.56 Å². The van der Waals surface area contributed by atoms with Crippen LogP contribution < -0.4 is 9.46 Å². The molecule has 3 aromatic carbocycles. The van der Waals surface area contributed by atoms with Gasteiger partial charge in [0.05, 0.1) is 21.8 Å². The second kappa shape index (κ2) is 8.73. The van der Waals surface area contributed by atoms with Crippen molar-refractivity contribution in [1.82, 2.24) is 0 Å². The molecule has 2 N–H and O–H groups in total. The number of hydrogen-bond acceptors (Lipinski definition) is 6. The maximum Gasteiger partial charge on any atom is 0.418 e. The van der Waals surface area contributed by atoms with Gasteiger partial charge >= 0.3 is 12.1 Å². The molecule has 0 amide bonds. The van der Waals surface area contributed by atoms with Crippen molar-refractivity contribution in [1.29, 1.82) is 0 Å². The molecule has 0 aromatic heterocycles. The SMILES string of the molecule is O=C1OCCOc2ccccc2-c2ccc(C(F)(F)F)c(c2)NS(=O)(=O)c2cc1cc(Cl)c2O. The highest BCUT2D eigenvalue weighted by Gasteiger charge is 2.36. The van der Waals surface area contributed by atoms with E-state index in [0.717, 1.165) is 24.3 Å². The molecule has 4 bridgehead atoms. The van der Waals surface area contributed by atoms with Crippen molar-refractivity contribution in [3.05, 3.63) is 70.7 Å². The van der Waals surface area contributed by atoms with Gasteiger partial charge in [-0.15, -0.1) is 0 Å². The number of benzene rings is 3. The summed E-state index contributed by atoms with van der Waals surface area (Å²) in [6.45, 7) is -0.310. The van der Waals surface area contributed by atoms with Crippen molar-refractivity contribution in [3.63, 3.8) is 0 Å². The zero-order chi connectivity index (χ0) is 24.7. The number of phenolic OH excluding ortho intramolecular Hbond substituents is 1. The quantitative estimate of drug-likeness (QED) is 0.406. The Bertz CT molecular complexity index is 1390. The zero-order valence-corrected chi connectivity index (χ0v) is 18.6. The molecular formula is C22H15ClF3NO6S. The third-order valence-corrected chi connectivity index (χ3v) is 6.56. The molecule has 1 aliphatic heterocycles. The average Bonchev–Trinajstić information content (AvgIpc) is 2.77. The van der Waals surface area contributed by atoms with E-state index in [1.54, 1.807) is 24.3 Å². The number of nitrogens with one attached hydrogen (secondary N) is 1. The van der Waals surface area contributed by atoms with Crippen LogP contribution in [0.2, 0.25) is 5.02 Å². The third-order valence-electron chi connectivity index (χ3n) is 4.90. The number of alkyl halides is 3. The molecule has 0 radical (unpaired) electrons. The molecule has 1 heterocycles. The molecule has 0 unspecified atom stereocenters. The summed E-state index contributed by atoms with van der Waals surface area (Å²) in [5.41, 5.74) is -1.78. The fourth-order valence-corrected chi connectivity index (χ4v) is 4.83. The number of sulfonamides is 1. The van der Waals surface area contributed by atoms with Gasteiger partial charge in [-0.1, -0.05) is 35.9 Å². The van der Waals surface area contributed by atoms with Crippen LogP contribution in [0.5, 0.6) is 11.5 Å². The van der Waals surface area contributed by atoms with Gasteiger partial charge in [-0.25, -0.2) is 13.2 Å². The van der Waals surface area contributed by atoms with E-state index >= 15 is 0 Å². The molecule has 0 spiro atoms. The predicted molar refractivity (Wildman–Crippen MR) is 117 cm³/mol. The summed E-state index contributed by atoms with van der Waals surface area (Å²) >= 11 is 5.88. The number of rotatable bonds is 0. The maximum absolute atomic E-state index is 13.7. The Kier molecular flexibility index (Phi) is 6.09. The van der Waals surface area contributed by atoms with Gasteiger partial charge in [0, 0.05) is 5.56 Å². The van der Waals surface area contributed by atoms with Crippen molar-refractivity contribution in [2.24, 2.45) is 0 Å². The largest absolute Gasteiger partial charge is 0.505 e. The fraction of sp³-hybridized carbons (Fsp3) is 0.136. The van der Waals surface area contributed by atoms with Crippen molar-refractivity contribution in [2.75, 3.05) is 17.9 Å². The van der Waals surface area contributed by atoms with E-state index in [1.165, 1.54) is 6.07 Å². The van der Waals surface area contributed by atoms with E-state index in [9.17, 15) is 31.5 Å². The normalized spacial score (nSPS) is 15.6. The monoisotopic (exact) mass is 513 g/mol. The van der Waals surface area contributed by atoms with Gasteiger partial charge in [-0.3, -0.25) is 4.72 Å². The minimum atomic E-state index is -4.90. The Balaban J connectivity index is 1.96. The molecule has 0 atom stereocenters. The molecule has 34 heavy (non-hydrogen) atoms. The second-order valence-corrected chi connectivity index (χ2v) is 9.21. The molecule has 7 nitrogen and oxygen atoms in total. The van der Waals surface area contributed by atoms with Crippen LogP contribution >= 0.6 is 11.6 Å². The van der Waals surface area contributed by atoms with E-state index in [-0.39, 0.29) is 30.1 Å². The molecule has 4 rings (SSSR count). The van der Waals surface area contributed by atoms with Crippen molar-refractivity contribution < 1.29 is 41.0 Å². The number of cyclic esters (lactones) is 1. The second-order valence-electron chi connectivity index (χ2n) is 7.15. The van der Waals surface area contributed by atoms with Crippen LogP contribution in [0, 0.1) is 0 Å². The summed E-state index contributed by atoms with van der Waals surface area (Å²) in [7, 11) is -4.84. The fourth-order valence-electron chi connectivity index (χ4n) is 3.34. The number of halogens is 4. The number of carbonyl (C=O) groups excluding carboxylic acids is 1. The lowest BCUT2D eigenvalue weighted by Crippen LogP contribution is -2.18. The number of fused-ring (bicyclic) bond motifs is 6. The first kappa shape index (κ1) is 23.7. The molecule has 3 aromatic rings. The van der Waals surface area contributed by atoms with Crippen LogP contribution in [-0.2, 0) is 20.9 Å². The van der Waals surface area contributed by atoms with Crippen molar-refractivity contribution in [3.8, 4) is 22.6 Å². The Labute approximate surface area is 196 Å². The van der Waals surface area contributed by atoms with Crippen LogP contribution in [0.3, 0.4) is 0 Å². The van der Waals surface area contributed by atoms with Gasteiger partial charge in [0.1, 0.15) is 23.9 Å². The number of aromatic hydroxyl groups is 1. The molecule has 1 aliphatic rings. The molecule has 0 saturated carbocycles. The van der Waals surface area contributed by atoms with Crippen LogP contribution in [-0.4, -0.2) is 32.7 Å². The van der Waals surface area contributed by atoms with Gasteiger partial charge in [0.25, 0.3) is 10.0 Å². The lowest BCUT2D eigenvalue weighted by Gasteiger charge is -2.18. The molecule has 0 saturated heterocycles. The average molecular weight is 514 g/mol. The number of carbonyl (C=O) groups is 1. The highest BCUT2D eigenvalue weighted by molar-refractivity contribution is 7.92. The summed E-state index contributed by atoms with van der Waals surface area (Å²) in [5, 5.41) is 9.71. The van der Waals surface area contributed by atoms with Crippen molar-refractivity contribution in [2.45, 2.75) is 11.1 Å². The number of anilines is 1. The highest BCUT2D eigenvalue weighted by atomic mass is 35.5. The number of phenols is 1. The summed E-state index contributed by atoms with van der Waals surface area (Å²) in [4.78, 5) is 11.5. The molecular weight excluding hydrogens is 499 g/mol. The van der Waals surface area contributed by atoms with E-state index in [4.69, 9.17) is 21.1 Å².